The molecule has 4 aromatic carbocycles. The van der Waals surface area contributed by atoms with E-state index in [1.807, 2.05) is 72.8 Å². The van der Waals surface area contributed by atoms with Gasteiger partial charge in [-0.2, -0.15) is 0 Å². The summed E-state index contributed by atoms with van der Waals surface area (Å²) in [6.07, 6.45) is 2.88. The first-order valence-electron chi connectivity index (χ1n) is 14.3. The molecule has 5 rings (SSSR count). The molecule has 7 nitrogen and oxygen atoms in total. The van der Waals surface area contributed by atoms with Gasteiger partial charge < -0.3 is 20.1 Å². The minimum absolute atomic E-state index is 0.103. The summed E-state index contributed by atoms with van der Waals surface area (Å²) in [5.74, 6) is 4.76. The van der Waals surface area contributed by atoms with Gasteiger partial charge in [-0.15, -0.1) is 0 Å². The number of rotatable bonds is 8. The Morgan fingerprint density at radius 2 is 1.43 bits per heavy atom. The predicted molar refractivity (Wildman–Crippen MR) is 170 cm³/mol. The maximum absolute atomic E-state index is 13.0. The van der Waals surface area contributed by atoms with E-state index in [0.29, 0.717) is 5.56 Å². The zero-order chi connectivity index (χ0) is 30.9. The highest BCUT2D eigenvalue weighted by molar-refractivity contribution is 5.97. The fourth-order valence-electron chi connectivity index (χ4n) is 5.18. The minimum atomic E-state index is -1.14. The molecule has 0 bridgehead atoms. The van der Waals surface area contributed by atoms with Crippen LogP contribution in [0.2, 0.25) is 0 Å². The Hall–Kier alpha value is -5.61. The zero-order valence-corrected chi connectivity index (χ0v) is 24.5. The van der Waals surface area contributed by atoms with Crippen molar-refractivity contribution in [2.24, 2.45) is 0 Å². The van der Waals surface area contributed by atoms with E-state index in [4.69, 9.17) is 9.47 Å². The van der Waals surface area contributed by atoms with Gasteiger partial charge in [-0.05, 0) is 71.2 Å². The van der Waals surface area contributed by atoms with Gasteiger partial charge in [0.05, 0.1) is 13.2 Å². The fraction of sp³-hybridized carbons (Fsp3) is 0.162. The number of fused-ring (bicyclic) bond motifs is 3. The van der Waals surface area contributed by atoms with E-state index in [2.05, 4.69) is 34.6 Å². The normalized spacial score (nSPS) is 13.0. The Morgan fingerprint density at radius 1 is 0.818 bits per heavy atom. The van der Waals surface area contributed by atoms with Gasteiger partial charge in [0.1, 0.15) is 12.6 Å². The molecule has 0 saturated carbocycles. The highest BCUT2D eigenvalue weighted by atomic mass is 16.5. The Morgan fingerprint density at radius 3 is 2.07 bits per heavy atom. The Bertz CT molecular complexity index is 1690. The molecule has 44 heavy (non-hydrogen) atoms. The van der Waals surface area contributed by atoms with E-state index >= 15 is 0 Å². The molecule has 0 unspecified atom stereocenters. The average molecular weight is 585 g/mol. The lowest BCUT2D eigenvalue weighted by Crippen LogP contribution is -2.54. The monoisotopic (exact) mass is 584 g/mol. The van der Waals surface area contributed by atoms with Crippen molar-refractivity contribution < 1.29 is 23.9 Å². The highest BCUT2D eigenvalue weighted by Gasteiger charge is 2.32. The second-order valence-electron chi connectivity index (χ2n) is 10.3. The van der Waals surface area contributed by atoms with E-state index in [-0.39, 0.29) is 12.5 Å². The molecular formula is C37H32N2O5. The second kappa shape index (κ2) is 14.0. The van der Waals surface area contributed by atoms with E-state index in [1.54, 1.807) is 37.3 Å². The first-order valence-corrected chi connectivity index (χ1v) is 14.3. The number of methoxy groups -OCH3 is 1. The van der Waals surface area contributed by atoms with Crippen LogP contribution in [-0.2, 0) is 14.3 Å². The molecule has 0 saturated heterocycles. The number of alkyl carbamates (subject to hydrolysis) is 1. The third-order valence-corrected chi connectivity index (χ3v) is 7.45. The first kappa shape index (κ1) is 29.9. The average Bonchev–Trinajstić information content (AvgIpc) is 3.38. The molecule has 4 aromatic rings. The van der Waals surface area contributed by atoms with Gasteiger partial charge in [-0.3, -0.25) is 4.79 Å². The zero-order valence-electron chi connectivity index (χ0n) is 24.5. The van der Waals surface area contributed by atoms with Crippen LogP contribution in [0.4, 0.5) is 4.79 Å². The summed E-state index contributed by atoms with van der Waals surface area (Å²) >= 11 is 0. The Kier molecular flexibility index (Phi) is 9.53. The lowest BCUT2D eigenvalue weighted by atomic mass is 9.98. The van der Waals surface area contributed by atoms with Crippen LogP contribution in [0.15, 0.2) is 109 Å². The van der Waals surface area contributed by atoms with Crippen LogP contribution < -0.4 is 10.6 Å². The summed E-state index contributed by atoms with van der Waals surface area (Å²) in [4.78, 5) is 38.4. The topological polar surface area (TPSA) is 93.7 Å². The largest absolute Gasteiger partial charge is 0.467 e. The summed E-state index contributed by atoms with van der Waals surface area (Å²) in [5.41, 5.74) is 6.57. The van der Waals surface area contributed by atoms with Crippen molar-refractivity contribution in [2.75, 3.05) is 13.7 Å². The van der Waals surface area contributed by atoms with Gasteiger partial charge in [0.2, 0.25) is 0 Å². The molecule has 1 aliphatic rings. The van der Waals surface area contributed by atoms with E-state index < -0.39 is 30.1 Å². The van der Waals surface area contributed by atoms with Crippen molar-refractivity contribution in [3.8, 4) is 23.0 Å². The van der Waals surface area contributed by atoms with Crippen LogP contribution in [0.3, 0.4) is 0 Å². The number of carbonyl (C=O) groups is 3. The molecule has 2 amide bonds. The summed E-state index contributed by atoms with van der Waals surface area (Å²) in [5, 5.41) is 5.35. The van der Waals surface area contributed by atoms with E-state index in [1.165, 1.54) is 7.11 Å². The van der Waals surface area contributed by atoms with Gasteiger partial charge >= 0.3 is 12.1 Å². The van der Waals surface area contributed by atoms with E-state index in [9.17, 15) is 14.4 Å². The fourth-order valence-corrected chi connectivity index (χ4v) is 5.18. The quantitative estimate of drug-likeness (QED) is 0.197. The molecule has 1 aliphatic carbocycles. The van der Waals surface area contributed by atoms with Crippen LogP contribution >= 0.6 is 0 Å². The smallest absolute Gasteiger partial charge is 0.407 e. The summed E-state index contributed by atoms with van der Waals surface area (Å²) in [6, 6.07) is 30.7. The maximum atomic E-state index is 13.0. The van der Waals surface area contributed by atoms with Crippen molar-refractivity contribution in [1.82, 2.24) is 10.6 Å². The van der Waals surface area contributed by atoms with Gasteiger partial charge in [-0.25, -0.2) is 9.59 Å². The van der Waals surface area contributed by atoms with E-state index in [0.717, 1.165) is 33.4 Å². The van der Waals surface area contributed by atoms with Crippen molar-refractivity contribution >= 4 is 24.0 Å². The van der Waals surface area contributed by atoms with Crippen LogP contribution in [0.5, 0.6) is 0 Å². The molecule has 2 atom stereocenters. The molecular weight excluding hydrogens is 552 g/mol. The second-order valence-corrected chi connectivity index (χ2v) is 10.3. The van der Waals surface area contributed by atoms with Gasteiger partial charge in [-0.1, -0.05) is 90.7 Å². The lowest BCUT2D eigenvalue weighted by molar-refractivity contribution is -0.143. The van der Waals surface area contributed by atoms with Crippen molar-refractivity contribution in [3.05, 3.63) is 137 Å². The highest BCUT2D eigenvalue weighted by Crippen LogP contribution is 2.44. The number of benzene rings is 4. The summed E-state index contributed by atoms with van der Waals surface area (Å²) in [6.45, 7) is 1.73. The molecule has 2 N–H and O–H groups in total. The van der Waals surface area contributed by atoms with Crippen LogP contribution in [-0.4, -0.2) is 43.8 Å². The Balaban J connectivity index is 1.17. The van der Waals surface area contributed by atoms with Crippen LogP contribution in [0.25, 0.3) is 17.2 Å². The first-order chi connectivity index (χ1) is 21.4. The number of esters is 1. The standard InChI is InChI=1S/C37H32N2O5/c1-25(38-37(42)44-24-33-31-18-10-8-16-29(31)30-17-9-11-19-32(30)33)34(36(41)43-2)39-35(40)28-22-20-27(21-23-28)15-7-6-14-26-12-4-3-5-13-26/h3-5,7-13,15-23,25,33-34H,24H2,1-2H3,(H,38,42)(H,39,40)/b15-7+/t25-,34+/m1/s1. The maximum Gasteiger partial charge on any atom is 0.407 e. The van der Waals surface area contributed by atoms with Crippen LogP contribution in [0.1, 0.15) is 45.5 Å². The van der Waals surface area contributed by atoms with Crippen LogP contribution in [0, 0.1) is 11.8 Å². The number of hydrogen-bond acceptors (Lipinski definition) is 5. The third kappa shape index (κ3) is 7.05. The SMILES string of the molecule is COC(=O)[C@@H](NC(=O)c1ccc(/C=C/C#Cc2ccccc2)cc1)[C@@H](C)NC(=O)OCC1c2ccccc2-c2ccccc21. The van der Waals surface area contributed by atoms with Gasteiger partial charge in [0, 0.05) is 17.0 Å². The third-order valence-electron chi connectivity index (χ3n) is 7.45. The number of carbonyl (C=O) groups excluding carboxylic acids is 3. The molecule has 220 valence electrons. The molecule has 0 fully saturated rings. The predicted octanol–water partition coefficient (Wildman–Crippen LogP) is 5.95. The summed E-state index contributed by atoms with van der Waals surface area (Å²) in [7, 11) is 1.23. The molecule has 0 spiro atoms. The molecule has 0 aliphatic heterocycles. The molecule has 0 radical (unpaired) electrons. The number of ether oxygens (including phenoxy) is 2. The number of hydrogen-bond donors (Lipinski definition) is 2. The number of allylic oxidation sites excluding steroid dienone is 1. The number of nitrogens with one attached hydrogen (secondary N) is 2. The molecule has 0 heterocycles. The lowest BCUT2D eigenvalue weighted by Gasteiger charge is -2.24. The molecule has 0 aromatic heterocycles. The summed E-state index contributed by atoms with van der Waals surface area (Å²) < 4.78 is 10.5. The van der Waals surface area contributed by atoms with Crippen molar-refractivity contribution in [3.63, 3.8) is 0 Å². The minimum Gasteiger partial charge on any atom is -0.467 e. The van der Waals surface area contributed by atoms with Gasteiger partial charge in [0.25, 0.3) is 5.91 Å². The van der Waals surface area contributed by atoms with Crippen molar-refractivity contribution in [1.29, 1.82) is 0 Å². The molecule has 7 heteroatoms. The van der Waals surface area contributed by atoms with Gasteiger partial charge in [0.15, 0.2) is 0 Å². The van der Waals surface area contributed by atoms with Crippen molar-refractivity contribution in [2.45, 2.75) is 24.9 Å². The number of amides is 2. The Labute approximate surface area is 256 Å².